The number of piperidine rings is 1. The molecule has 6 nitrogen and oxygen atoms in total. The fraction of sp³-hybridized carbons (Fsp3) is 0.435. The summed E-state index contributed by atoms with van der Waals surface area (Å²) in [4.78, 5) is 16.8. The van der Waals surface area contributed by atoms with Gasteiger partial charge in [0.15, 0.2) is 11.5 Å². The first kappa shape index (κ1) is 22.4. The standard InChI is InChI=1S/C23H27F3N4O2/c1-29(2)17-4-3-9-30(13-17)14-22(31)27-12-15-5-7-18-20(10-15)32-21-11-16(23(24,25)26)6-8-19(21)28-18/h5-8,10-11,17,28H,3-4,9,12-14H2,1-2H3,(H,27,31). The van der Waals surface area contributed by atoms with E-state index in [1.165, 1.54) is 6.07 Å². The molecule has 1 saturated heterocycles. The molecular formula is C23H27F3N4O2. The summed E-state index contributed by atoms with van der Waals surface area (Å²) < 4.78 is 44.7. The van der Waals surface area contributed by atoms with Crippen molar-refractivity contribution < 1.29 is 22.7 Å². The van der Waals surface area contributed by atoms with Crippen LogP contribution >= 0.6 is 0 Å². The zero-order valence-electron chi connectivity index (χ0n) is 18.1. The van der Waals surface area contributed by atoms with Crippen LogP contribution in [0, 0.1) is 0 Å². The van der Waals surface area contributed by atoms with Crippen molar-refractivity contribution in [2.75, 3.05) is 39.0 Å². The molecule has 1 amide bonds. The summed E-state index contributed by atoms with van der Waals surface area (Å²) in [6.07, 6.45) is -2.23. The summed E-state index contributed by atoms with van der Waals surface area (Å²) >= 11 is 0. The van der Waals surface area contributed by atoms with Crippen molar-refractivity contribution in [3.63, 3.8) is 0 Å². The number of amides is 1. The number of nitrogens with one attached hydrogen (secondary N) is 2. The Morgan fingerprint density at radius 2 is 1.91 bits per heavy atom. The summed E-state index contributed by atoms with van der Waals surface area (Å²) in [6.45, 7) is 2.45. The summed E-state index contributed by atoms with van der Waals surface area (Å²) in [6, 6.07) is 9.21. The minimum Gasteiger partial charge on any atom is -0.453 e. The van der Waals surface area contributed by atoms with E-state index in [9.17, 15) is 18.0 Å². The first-order valence-electron chi connectivity index (χ1n) is 10.6. The maximum absolute atomic E-state index is 13.0. The van der Waals surface area contributed by atoms with E-state index in [2.05, 4.69) is 34.5 Å². The number of rotatable bonds is 5. The van der Waals surface area contributed by atoms with Crippen molar-refractivity contribution in [3.05, 3.63) is 47.5 Å². The Kier molecular flexibility index (Phi) is 6.30. The predicted molar refractivity (Wildman–Crippen MR) is 116 cm³/mol. The average molecular weight is 448 g/mol. The number of alkyl halides is 3. The highest BCUT2D eigenvalue weighted by atomic mass is 19.4. The molecule has 2 N–H and O–H groups in total. The van der Waals surface area contributed by atoms with Gasteiger partial charge in [0.05, 0.1) is 23.5 Å². The number of hydrogen-bond acceptors (Lipinski definition) is 5. The van der Waals surface area contributed by atoms with Crippen molar-refractivity contribution in [2.24, 2.45) is 0 Å². The van der Waals surface area contributed by atoms with Crippen LogP contribution in [0.1, 0.15) is 24.0 Å². The lowest BCUT2D eigenvalue weighted by Gasteiger charge is -2.35. The van der Waals surface area contributed by atoms with E-state index in [4.69, 9.17) is 4.74 Å². The summed E-state index contributed by atoms with van der Waals surface area (Å²) in [5.41, 5.74) is 1.18. The smallest absolute Gasteiger partial charge is 0.416 e. The average Bonchev–Trinajstić information content (AvgIpc) is 2.75. The predicted octanol–water partition coefficient (Wildman–Crippen LogP) is 4.20. The Balaban J connectivity index is 1.36. The van der Waals surface area contributed by atoms with Gasteiger partial charge in [0.2, 0.25) is 5.91 Å². The lowest BCUT2D eigenvalue weighted by Crippen LogP contribution is -2.48. The number of carbonyl (C=O) groups excluding carboxylic acids is 1. The molecule has 0 spiro atoms. The van der Waals surface area contributed by atoms with Gasteiger partial charge in [-0.1, -0.05) is 6.07 Å². The van der Waals surface area contributed by atoms with E-state index in [0.29, 0.717) is 36.3 Å². The second-order valence-electron chi connectivity index (χ2n) is 8.54. The molecule has 172 valence electrons. The van der Waals surface area contributed by atoms with Gasteiger partial charge in [-0.25, -0.2) is 0 Å². The Labute approximate surface area is 185 Å². The van der Waals surface area contributed by atoms with Gasteiger partial charge >= 0.3 is 6.18 Å². The summed E-state index contributed by atoms with van der Waals surface area (Å²) in [5.74, 6) is 0.490. The van der Waals surface area contributed by atoms with Crippen LogP contribution in [0.25, 0.3) is 0 Å². The molecule has 0 radical (unpaired) electrons. The third kappa shape index (κ3) is 5.16. The topological polar surface area (TPSA) is 56.8 Å². The van der Waals surface area contributed by atoms with Crippen molar-refractivity contribution in [1.82, 2.24) is 15.1 Å². The molecule has 0 bridgehead atoms. The quantitative estimate of drug-likeness (QED) is 0.613. The Morgan fingerprint density at radius 1 is 1.19 bits per heavy atom. The first-order valence-corrected chi connectivity index (χ1v) is 10.6. The molecule has 0 aromatic heterocycles. The molecule has 1 unspecified atom stereocenters. The fourth-order valence-electron chi connectivity index (χ4n) is 4.07. The van der Waals surface area contributed by atoms with Crippen LogP contribution in [0.4, 0.5) is 24.5 Å². The van der Waals surface area contributed by atoms with Crippen molar-refractivity contribution in [2.45, 2.75) is 31.6 Å². The molecule has 2 aliphatic rings. The fourth-order valence-corrected chi connectivity index (χ4v) is 4.07. The van der Waals surface area contributed by atoms with Gasteiger partial charge in [-0.3, -0.25) is 9.69 Å². The number of likely N-dealkylation sites (tertiary alicyclic amines) is 1. The van der Waals surface area contributed by atoms with Crippen LogP contribution in [0.15, 0.2) is 36.4 Å². The SMILES string of the molecule is CN(C)C1CCCN(CC(=O)NCc2ccc3c(c2)Oc2cc(C(F)(F)F)ccc2N3)C1. The first-order chi connectivity index (χ1) is 15.2. The zero-order chi connectivity index (χ0) is 22.9. The molecule has 2 heterocycles. The largest absolute Gasteiger partial charge is 0.453 e. The number of nitrogens with zero attached hydrogens (tertiary/aromatic N) is 2. The second-order valence-corrected chi connectivity index (χ2v) is 8.54. The number of halogens is 3. The van der Waals surface area contributed by atoms with Gasteiger partial charge in [0.25, 0.3) is 0 Å². The Hall–Kier alpha value is -2.78. The molecule has 2 aromatic carbocycles. The summed E-state index contributed by atoms with van der Waals surface area (Å²) in [5, 5.41) is 6.01. The van der Waals surface area contributed by atoms with Crippen molar-refractivity contribution in [1.29, 1.82) is 0 Å². The molecule has 9 heteroatoms. The number of anilines is 2. The third-order valence-electron chi connectivity index (χ3n) is 5.91. The van der Waals surface area contributed by atoms with Gasteiger partial charge < -0.3 is 20.3 Å². The highest BCUT2D eigenvalue weighted by Gasteiger charge is 2.32. The molecule has 0 saturated carbocycles. The number of likely N-dealkylation sites (N-methyl/N-ethyl adjacent to an activating group) is 1. The molecule has 2 aromatic rings. The number of carbonyl (C=O) groups is 1. The molecule has 0 aliphatic carbocycles. The lowest BCUT2D eigenvalue weighted by molar-refractivity contribution is -0.137. The Morgan fingerprint density at radius 3 is 2.62 bits per heavy atom. The van der Waals surface area contributed by atoms with Crippen molar-refractivity contribution in [3.8, 4) is 11.5 Å². The van der Waals surface area contributed by atoms with E-state index >= 15 is 0 Å². The van der Waals surface area contributed by atoms with E-state index in [0.717, 1.165) is 43.6 Å². The van der Waals surface area contributed by atoms with Crippen molar-refractivity contribution >= 4 is 17.3 Å². The van der Waals surface area contributed by atoms with E-state index in [-0.39, 0.29) is 11.7 Å². The van der Waals surface area contributed by atoms with E-state index < -0.39 is 11.7 Å². The van der Waals surface area contributed by atoms with Crippen LogP contribution in [0.5, 0.6) is 11.5 Å². The molecular weight excluding hydrogens is 421 g/mol. The maximum atomic E-state index is 13.0. The van der Waals surface area contributed by atoms with Crippen LogP contribution in [0.2, 0.25) is 0 Å². The minimum absolute atomic E-state index is 0.0543. The molecule has 32 heavy (non-hydrogen) atoms. The van der Waals surface area contributed by atoms with Gasteiger partial charge in [-0.05, 0) is 69.4 Å². The monoisotopic (exact) mass is 448 g/mol. The number of benzene rings is 2. The normalized spacial score (nSPS) is 18.4. The molecule has 4 rings (SSSR count). The highest BCUT2D eigenvalue weighted by molar-refractivity contribution is 5.78. The van der Waals surface area contributed by atoms with E-state index in [1.807, 2.05) is 6.07 Å². The van der Waals surface area contributed by atoms with Crippen LogP contribution in [0.3, 0.4) is 0 Å². The Bertz CT molecular complexity index is 994. The zero-order valence-corrected chi connectivity index (χ0v) is 18.1. The van der Waals surface area contributed by atoms with E-state index in [1.54, 1.807) is 12.1 Å². The summed E-state index contributed by atoms with van der Waals surface area (Å²) in [7, 11) is 4.12. The van der Waals surface area contributed by atoms with Gasteiger partial charge in [0, 0.05) is 19.1 Å². The van der Waals surface area contributed by atoms with Crippen LogP contribution in [-0.4, -0.2) is 55.5 Å². The molecule has 1 fully saturated rings. The van der Waals surface area contributed by atoms with Crippen LogP contribution < -0.4 is 15.4 Å². The number of hydrogen-bond donors (Lipinski definition) is 2. The van der Waals surface area contributed by atoms with Gasteiger partial charge in [-0.15, -0.1) is 0 Å². The van der Waals surface area contributed by atoms with Gasteiger partial charge in [-0.2, -0.15) is 13.2 Å². The number of fused-ring (bicyclic) bond motifs is 2. The minimum atomic E-state index is -4.44. The molecule has 1 atom stereocenters. The van der Waals surface area contributed by atoms with Crippen LogP contribution in [-0.2, 0) is 17.5 Å². The third-order valence-corrected chi connectivity index (χ3v) is 5.91. The molecule has 2 aliphatic heterocycles. The highest BCUT2D eigenvalue weighted by Crippen LogP contribution is 2.44. The second kappa shape index (κ2) is 8.99. The van der Waals surface area contributed by atoms with Gasteiger partial charge in [0.1, 0.15) is 0 Å². The number of ether oxygens (including phenoxy) is 1. The maximum Gasteiger partial charge on any atom is 0.416 e. The lowest BCUT2D eigenvalue weighted by atomic mass is 10.1.